The number of phenolic OH excluding ortho intramolecular Hbond substituents is 1. The number of fused-ring (bicyclic) bond motifs is 1. The summed E-state index contributed by atoms with van der Waals surface area (Å²) >= 11 is 3.37. The second kappa shape index (κ2) is 4.10. The molecule has 0 bridgehead atoms. The van der Waals surface area contributed by atoms with Crippen molar-refractivity contribution >= 4 is 27.1 Å². The van der Waals surface area contributed by atoms with E-state index in [9.17, 15) is 5.11 Å². The summed E-state index contributed by atoms with van der Waals surface area (Å²) in [5, 5.41) is 9.72. The lowest BCUT2D eigenvalue weighted by molar-refractivity contribution is 0.471. The lowest BCUT2D eigenvalue weighted by Crippen LogP contribution is -1.82. The Labute approximate surface area is 112 Å². The number of nitrogens with one attached hydrogen (secondary N) is 1. The van der Waals surface area contributed by atoms with Gasteiger partial charge in [-0.3, -0.25) is 0 Å². The molecule has 0 amide bonds. The molecule has 0 atom stereocenters. The summed E-state index contributed by atoms with van der Waals surface area (Å²) in [6, 6.07) is 7.40. The van der Waals surface area contributed by atoms with Crippen LogP contribution in [0.4, 0.5) is 0 Å². The molecule has 0 spiro atoms. The zero-order valence-electron chi connectivity index (χ0n) is 9.61. The van der Waals surface area contributed by atoms with E-state index in [4.69, 9.17) is 0 Å². The number of phenols is 1. The quantitative estimate of drug-likeness (QED) is 0.724. The van der Waals surface area contributed by atoms with Crippen LogP contribution in [0.25, 0.3) is 22.6 Å². The predicted molar refractivity (Wildman–Crippen MR) is 73.4 cm³/mol. The van der Waals surface area contributed by atoms with E-state index < -0.39 is 0 Å². The summed E-state index contributed by atoms with van der Waals surface area (Å²) in [7, 11) is 0. The van der Waals surface area contributed by atoms with E-state index in [1.54, 1.807) is 12.3 Å². The Morgan fingerprint density at radius 1 is 1.28 bits per heavy atom. The fourth-order valence-corrected chi connectivity index (χ4v) is 2.10. The average Bonchev–Trinajstić information content (AvgIpc) is 2.75. The number of halogens is 1. The summed E-state index contributed by atoms with van der Waals surface area (Å²) < 4.78 is 0.900. The number of hydrogen-bond acceptors (Lipinski definition) is 3. The van der Waals surface area contributed by atoms with E-state index in [-0.39, 0.29) is 5.75 Å². The fourth-order valence-electron chi connectivity index (χ4n) is 1.77. The number of H-pyrrole nitrogens is 1. The number of aromatic nitrogens is 3. The molecule has 0 saturated carbocycles. The topological polar surface area (TPSA) is 61.8 Å². The molecule has 0 unspecified atom stereocenters. The van der Waals surface area contributed by atoms with Gasteiger partial charge in [0.2, 0.25) is 0 Å². The number of pyridine rings is 1. The maximum absolute atomic E-state index is 9.72. The van der Waals surface area contributed by atoms with E-state index >= 15 is 0 Å². The number of benzene rings is 1. The Morgan fingerprint density at radius 3 is 2.89 bits per heavy atom. The van der Waals surface area contributed by atoms with Gasteiger partial charge in [-0.05, 0) is 40.5 Å². The Balaban J connectivity index is 2.16. The molecule has 3 rings (SSSR count). The van der Waals surface area contributed by atoms with Crippen molar-refractivity contribution in [3.63, 3.8) is 0 Å². The maximum atomic E-state index is 9.72. The monoisotopic (exact) mass is 303 g/mol. The van der Waals surface area contributed by atoms with Crippen molar-refractivity contribution in [2.75, 3.05) is 0 Å². The molecular weight excluding hydrogens is 294 g/mol. The van der Waals surface area contributed by atoms with Crippen molar-refractivity contribution in [3.05, 3.63) is 40.5 Å². The SMILES string of the molecule is Cc1ccc(-c2nc3ncc(Br)cc3[nH]2)cc1O. The van der Waals surface area contributed by atoms with Gasteiger partial charge in [0.05, 0.1) is 5.52 Å². The van der Waals surface area contributed by atoms with E-state index in [1.165, 1.54) is 0 Å². The number of aromatic amines is 1. The van der Waals surface area contributed by atoms with Crippen molar-refractivity contribution in [1.82, 2.24) is 15.0 Å². The van der Waals surface area contributed by atoms with E-state index in [1.807, 2.05) is 25.1 Å². The molecule has 0 aliphatic carbocycles. The third kappa shape index (κ3) is 1.86. The lowest BCUT2D eigenvalue weighted by Gasteiger charge is -2.00. The minimum Gasteiger partial charge on any atom is -0.508 e. The van der Waals surface area contributed by atoms with Crippen molar-refractivity contribution in [3.8, 4) is 17.1 Å². The molecule has 3 aromatic rings. The number of aromatic hydroxyl groups is 1. The molecule has 0 saturated heterocycles. The predicted octanol–water partition coefficient (Wildman–Crippen LogP) is 3.40. The molecule has 90 valence electrons. The molecule has 0 fully saturated rings. The van der Waals surface area contributed by atoms with Crippen molar-refractivity contribution in [1.29, 1.82) is 0 Å². The van der Waals surface area contributed by atoms with Gasteiger partial charge < -0.3 is 10.1 Å². The third-order valence-electron chi connectivity index (χ3n) is 2.79. The highest BCUT2D eigenvalue weighted by Gasteiger charge is 2.08. The molecular formula is C13H10BrN3O. The molecule has 4 nitrogen and oxygen atoms in total. The van der Waals surface area contributed by atoms with Gasteiger partial charge in [-0.1, -0.05) is 12.1 Å². The number of hydrogen-bond donors (Lipinski definition) is 2. The Bertz CT molecular complexity index is 736. The third-order valence-corrected chi connectivity index (χ3v) is 3.22. The smallest absolute Gasteiger partial charge is 0.178 e. The van der Waals surface area contributed by atoms with Gasteiger partial charge in [-0.25, -0.2) is 9.97 Å². The minimum absolute atomic E-state index is 0.266. The maximum Gasteiger partial charge on any atom is 0.178 e. The van der Waals surface area contributed by atoms with Crippen LogP contribution < -0.4 is 0 Å². The highest BCUT2D eigenvalue weighted by molar-refractivity contribution is 9.10. The number of aryl methyl sites for hydroxylation is 1. The summed E-state index contributed by atoms with van der Waals surface area (Å²) in [4.78, 5) is 11.8. The molecule has 5 heteroatoms. The van der Waals surface area contributed by atoms with Crippen LogP contribution in [-0.4, -0.2) is 20.1 Å². The minimum atomic E-state index is 0.266. The molecule has 0 radical (unpaired) electrons. The number of nitrogens with zero attached hydrogens (tertiary/aromatic N) is 2. The first-order valence-corrected chi connectivity index (χ1v) is 6.24. The zero-order valence-corrected chi connectivity index (χ0v) is 11.2. The number of rotatable bonds is 1. The van der Waals surface area contributed by atoms with Gasteiger partial charge in [-0.15, -0.1) is 0 Å². The van der Waals surface area contributed by atoms with Crippen LogP contribution in [0.5, 0.6) is 5.75 Å². The second-order valence-corrected chi connectivity index (χ2v) is 5.03. The largest absolute Gasteiger partial charge is 0.508 e. The van der Waals surface area contributed by atoms with Gasteiger partial charge in [0.15, 0.2) is 5.65 Å². The van der Waals surface area contributed by atoms with Crippen LogP contribution in [0.1, 0.15) is 5.56 Å². The van der Waals surface area contributed by atoms with Crippen molar-refractivity contribution in [2.24, 2.45) is 0 Å². The summed E-state index contributed by atoms with van der Waals surface area (Å²) in [5.41, 5.74) is 3.20. The van der Waals surface area contributed by atoms with Crippen LogP contribution in [-0.2, 0) is 0 Å². The second-order valence-electron chi connectivity index (χ2n) is 4.11. The van der Waals surface area contributed by atoms with Crippen LogP contribution in [0.15, 0.2) is 34.9 Å². The first kappa shape index (κ1) is 11.2. The average molecular weight is 304 g/mol. The van der Waals surface area contributed by atoms with Crippen LogP contribution >= 0.6 is 15.9 Å². The lowest BCUT2D eigenvalue weighted by atomic mass is 10.1. The molecule has 2 aromatic heterocycles. The van der Waals surface area contributed by atoms with Gasteiger partial charge in [0.1, 0.15) is 11.6 Å². The van der Waals surface area contributed by atoms with E-state index in [2.05, 4.69) is 30.9 Å². The van der Waals surface area contributed by atoms with Crippen LogP contribution in [0, 0.1) is 6.92 Å². The zero-order chi connectivity index (χ0) is 12.7. The highest BCUT2D eigenvalue weighted by Crippen LogP contribution is 2.26. The number of imidazole rings is 1. The van der Waals surface area contributed by atoms with Gasteiger partial charge >= 0.3 is 0 Å². The standard InChI is InChI=1S/C13H10BrN3O/c1-7-2-3-8(4-11(7)18)12-16-10-5-9(14)6-15-13(10)17-12/h2-6,18H,1H3,(H,15,16,17). The Morgan fingerprint density at radius 2 is 2.11 bits per heavy atom. The Hall–Kier alpha value is -1.88. The van der Waals surface area contributed by atoms with Gasteiger partial charge in [0.25, 0.3) is 0 Å². The molecule has 2 heterocycles. The van der Waals surface area contributed by atoms with E-state index in [0.717, 1.165) is 21.1 Å². The fraction of sp³-hybridized carbons (Fsp3) is 0.0769. The van der Waals surface area contributed by atoms with E-state index in [0.29, 0.717) is 11.5 Å². The molecule has 18 heavy (non-hydrogen) atoms. The summed E-state index contributed by atoms with van der Waals surface area (Å²) in [6.07, 6.45) is 1.71. The molecule has 1 aromatic carbocycles. The van der Waals surface area contributed by atoms with Crippen LogP contribution in [0.2, 0.25) is 0 Å². The molecule has 0 aliphatic heterocycles. The van der Waals surface area contributed by atoms with Gasteiger partial charge in [-0.2, -0.15) is 0 Å². The summed E-state index contributed by atoms with van der Waals surface area (Å²) in [6.45, 7) is 1.86. The van der Waals surface area contributed by atoms with Crippen LogP contribution in [0.3, 0.4) is 0 Å². The first-order chi connectivity index (χ1) is 8.63. The molecule has 0 aliphatic rings. The van der Waals surface area contributed by atoms with Crippen molar-refractivity contribution < 1.29 is 5.11 Å². The normalized spacial score (nSPS) is 11.0. The first-order valence-electron chi connectivity index (χ1n) is 5.45. The highest BCUT2D eigenvalue weighted by atomic mass is 79.9. The summed E-state index contributed by atoms with van der Waals surface area (Å²) in [5.74, 6) is 0.966. The van der Waals surface area contributed by atoms with Crippen molar-refractivity contribution in [2.45, 2.75) is 6.92 Å². The molecule has 2 N–H and O–H groups in total. The van der Waals surface area contributed by atoms with Gasteiger partial charge in [0, 0.05) is 16.2 Å². The Kier molecular flexibility index (Phi) is 2.56.